The van der Waals surface area contributed by atoms with Gasteiger partial charge < -0.3 is 9.63 Å². The average molecular weight is 411 g/mol. The molecule has 6 heteroatoms. The van der Waals surface area contributed by atoms with Crippen LogP contribution in [0, 0.1) is 0 Å². The predicted molar refractivity (Wildman–Crippen MR) is 110 cm³/mol. The van der Waals surface area contributed by atoms with Crippen molar-refractivity contribution in [2.24, 2.45) is 0 Å². The van der Waals surface area contributed by atoms with E-state index in [2.05, 4.69) is 10.1 Å². The SMILES string of the molecule is CC(O)(c1cccnc1)c1c(-c2ccc(Cl)cc2)noc1-c1ccc(Cl)cc1. The van der Waals surface area contributed by atoms with Crippen LogP contribution in [0.25, 0.3) is 22.6 Å². The Kier molecular flexibility index (Phi) is 4.94. The summed E-state index contributed by atoms with van der Waals surface area (Å²) in [6, 6.07) is 18.0. The van der Waals surface area contributed by atoms with Crippen LogP contribution in [0.15, 0.2) is 77.6 Å². The second-order valence-electron chi connectivity index (χ2n) is 6.56. The third kappa shape index (κ3) is 3.42. The summed E-state index contributed by atoms with van der Waals surface area (Å²) >= 11 is 12.1. The number of hydrogen-bond donors (Lipinski definition) is 1. The Morgan fingerprint density at radius 2 is 1.50 bits per heavy atom. The monoisotopic (exact) mass is 410 g/mol. The van der Waals surface area contributed by atoms with Crippen molar-refractivity contribution in [1.29, 1.82) is 0 Å². The summed E-state index contributed by atoms with van der Waals surface area (Å²) in [5.74, 6) is 0.468. The number of rotatable bonds is 4. The molecule has 140 valence electrons. The third-order valence-corrected chi connectivity index (χ3v) is 5.13. The summed E-state index contributed by atoms with van der Waals surface area (Å²) in [7, 11) is 0. The Morgan fingerprint density at radius 1 is 0.893 bits per heavy atom. The number of benzene rings is 2. The van der Waals surface area contributed by atoms with Crippen LogP contribution in [-0.2, 0) is 5.60 Å². The number of halogens is 2. The van der Waals surface area contributed by atoms with E-state index in [4.69, 9.17) is 27.7 Å². The summed E-state index contributed by atoms with van der Waals surface area (Å²) < 4.78 is 5.71. The van der Waals surface area contributed by atoms with E-state index in [-0.39, 0.29) is 0 Å². The van der Waals surface area contributed by atoms with Gasteiger partial charge in [-0.3, -0.25) is 4.98 Å². The van der Waals surface area contributed by atoms with Crippen molar-refractivity contribution >= 4 is 23.2 Å². The predicted octanol–water partition coefficient (Wildman–Crippen LogP) is 5.97. The van der Waals surface area contributed by atoms with Crippen molar-refractivity contribution in [2.75, 3.05) is 0 Å². The fourth-order valence-corrected chi connectivity index (χ4v) is 3.39. The van der Waals surface area contributed by atoms with E-state index in [1.165, 1.54) is 0 Å². The zero-order valence-electron chi connectivity index (χ0n) is 14.9. The topological polar surface area (TPSA) is 59.2 Å². The van der Waals surface area contributed by atoms with Crippen molar-refractivity contribution in [3.8, 4) is 22.6 Å². The molecule has 0 aliphatic rings. The fraction of sp³-hybridized carbons (Fsp3) is 0.0909. The average Bonchev–Trinajstić information content (AvgIpc) is 3.16. The van der Waals surface area contributed by atoms with Gasteiger partial charge in [-0.05, 0) is 49.4 Å². The number of aliphatic hydroxyl groups is 1. The standard InChI is InChI=1S/C22H16Cl2N2O2/c1-22(27,16-3-2-12-25-13-16)19-20(14-4-8-17(23)9-5-14)26-28-21(19)15-6-10-18(24)11-7-15/h2-13,27H,1H3. The number of hydrogen-bond acceptors (Lipinski definition) is 4. The molecular formula is C22H16Cl2N2O2. The van der Waals surface area contributed by atoms with Crippen LogP contribution < -0.4 is 0 Å². The molecule has 0 saturated heterocycles. The molecule has 4 rings (SSSR count). The highest BCUT2D eigenvalue weighted by molar-refractivity contribution is 6.30. The normalized spacial score (nSPS) is 13.3. The maximum Gasteiger partial charge on any atom is 0.173 e. The molecule has 2 aromatic heterocycles. The van der Waals surface area contributed by atoms with E-state index in [0.717, 1.165) is 11.1 Å². The lowest BCUT2D eigenvalue weighted by Gasteiger charge is -2.24. The largest absolute Gasteiger partial charge is 0.380 e. The van der Waals surface area contributed by atoms with Gasteiger partial charge in [-0.1, -0.05) is 46.6 Å². The maximum absolute atomic E-state index is 11.5. The van der Waals surface area contributed by atoms with E-state index < -0.39 is 5.60 Å². The molecule has 2 aromatic carbocycles. The molecule has 0 bridgehead atoms. The minimum atomic E-state index is -1.39. The lowest BCUT2D eigenvalue weighted by molar-refractivity contribution is 0.102. The van der Waals surface area contributed by atoms with E-state index in [9.17, 15) is 5.11 Å². The van der Waals surface area contributed by atoms with Crippen LogP contribution in [0.2, 0.25) is 10.0 Å². The van der Waals surface area contributed by atoms with Crippen molar-refractivity contribution in [1.82, 2.24) is 10.1 Å². The van der Waals surface area contributed by atoms with Crippen LogP contribution in [0.4, 0.5) is 0 Å². The molecule has 0 aliphatic carbocycles. The first-order valence-corrected chi connectivity index (χ1v) is 9.37. The summed E-state index contributed by atoms with van der Waals surface area (Å²) in [4.78, 5) is 4.14. The van der Waals surface area contributed by atoms with Crippen LogP contribution in [0.3, 0.4) is 0 Å². The van der Waals surface area contributed by atoms with Crippen molar-refractivity contribution in [3.63, 3.8) is 0 Å². The van der Waals surface area contributed by atoms with E-state index in [0.29, 0.717) is 32.6 Å². The third-order valence-electron chi connectivity index (χ3n) is 4.63. The molecule has 1 unspecified atom stereocenters. The van der Waals surface area contributed by atoms with Gasteiger partial charge in [0.2, 0.25) is 0 Å². The smallest absolute Gasteiger partial charge is 0.173 e. The summed E-state index contributed by atoms with van der Waals surface area (Å²) in [6.45, 7) is 1.70. The Labute approximate surface area is 172 Å². The maximum atomic E-state index is 11.5. The molecule has 0 spiro atoms. The van der Waals surface area contributed by atoms with Crippen molar-refractivity contribution < 1.29 is 9.63 Å². The molecule has 4 aromatic rings. The second kappa shape index (κ2) is 7.40. The lowest BCUT2D eigenvalue weighted by Crippen LogP contribution is -2.24. The highest BCUT2D eigenvalue weighted by Gasteiger charge is 2.36. The summed E-state index contributed by atoms with van der Waals surface area (Å²) in [5, 5.41) is 17.1. The Bertz CT molecular complexity index is 1030. The van der Waals surface area contributed by atoms with Crippen molar-refractivity contribution in [2.45, 2.75) is 12.5 Å². The van der Waals surface area contributed by atoms with Gasteiger partial charge in [0.1, 0.15) is 11.3 Å². The van der Waals surface area contributed by atoms with Gasteiger partial charge in [0.05, 0.1) is 5.56 Å². The lowest BCUT2D eigenvalue weighted by atomic mass is 9.84. The van der Waals surface area contributed by atoms with Crippen LogP contribution >= 0.6 is 23.2 Å². The molecule has 0 fully saturated rings. The van der Waals surface area contributed by atoms with Gasteiger partial charge >= 0.3 is 0 Å². The van der Waals surface area contributed by atoms with Crippen molar-refractivity contribution in [3.05, 3.63) is 94.2 Å². The second-order valence-corrected chi connectivity index (χ2v) is 7.44. The first kappa shape index (κ1) is 18.7. The number of nitrogens with zero attached hydrogens (tertiary/aromatic N) is 2. The molecule has 0 aliphatic heterocycles. The van der Waals surface area contributed by atoms with Crippen LogP contribution in [-0.4, -0.2) is 15.2 Å². The summed E-state index contributed by atoms with van der Waals surface area (Å²) in [5.41, 5.74) is 1.87. The minimum absolute atomic E-state index is 0.468. The zero-order valence-corrected chi connectivity index (χ0v) is 16.4. The minimum Gasteiger partial charge on any atom is -0.380 e. The first-order chi connectivity index (χ1) is 13.5. The van der Waals surface area contributed by atoms with Crippen LogP contribution in [0.5, 0.6) is 0 Å². The zero-order chi connectivity index (χ0) is 19.7. The van der Waals surface area contributed by atoms with Gasteiger partial charge in [0.25, 0.3) is 0 Å². The van der Waals surface area contributed by atoms with E-state index >= 15 is 0 Å². The molecule has 0 saturated carbocycles. The quantitative estimate of drug-likeness (QED) is 0.450. The Hall–Kier alpha value is -2.66. The van der Waals surface area contributed by atoms with Gasteiger partial charge in [-0.2, -0.15) is 0 Å². The van der Waals surface area contributed by atoms with Gasteiger partial charge in [0, 0.05) is 39.1 Å². The van der Waals surface area contributed by atoms with E-state index in [1.807, 2.05) is 30.3 Å². The molecular weight excluding hydrogens is 395 g/mol. The number of aromatic nitrogens is 2. The Morgan fingerprint density at radius 3 is 2.07 bits per heavy atom. The van der Waals surface area contributed by atoms with Gasteiger partial charge in [0.15, 0.2) is 5.76 Å². The first-order valence-electron chi connectivity index (χ1n) is 8.62. The number of pyridine rings is 1. The molecule has 2 heterocycles. The molecule has 28 heavy (non-hydrogen) atoms. The van der Waals surface area contributed by atoms with E-state index in [1.54, 1.807) is 49.6 Å². The fourth-order valence-electron chi connectivity index (χ4n) is 3.14. The molecule has 0 amide bonds. The molecule has 0 radical (unpaired) electrons. The molecule has 1 atom stereocenters. The van der Waals surface area contributed by atoms with Gasteiger partial charge in [-0.25, -0.2) is 0 Å². The Balaban J connectivity index is 1.96. The summed E-state index contributed by atoms with van der Waals surface area (Å²) in [6.07, 6.45) is 3.29. The van der Waals surface area contributed by atoms with Crippen LogP contribution in [0.1, 0.15) is 18.1 Å². The molecule has 4 nitrogen and oxygen atoms in total. The van der Waals surface area contributed by atoms with Gasteiger partial charge in [-0.15, -0.1) is 0 Å². The highest BCUT2D eigenvalue weighted by Crippen LogP contribution is 2.42. The highest BCUT2D eigenvalue weighted by atomic mass is 35.5. The molecule has 1 N–H and O–H groups in total.